The predicted octanol–water partition coefficient (Wildman–Crippen LogP) is 3.07. The van der Waals surface area contributed by atoms with Crippen molar-refractivity contribution in [3.63, 3.8) is 0 Å². The van der Waals surface area contributed by atoms with E-state index in [1.807, 2.05) is 0 Å². The molecule has 0 atom stereocenters. The zero-order valence-electron chi connectivity index (χ0n) is 14.3. The Morgan fingerprint density at radius 1 is 0.833 bits per heavy atom. The molecule has 6 nitrogen and oxygen atoms in total. The smallest absolute Gasteiger partial charge is 0.314 e. The molecule has 0 spiro atoms. The lowest BCUT2D eigenvalue weighted by atomic mass is 9.72. The van der Waals surface area contributed by atoms with E-state index >= 15 is 0 Å². The number of esters is 4. The van der Waals surface area contributed by atoms with Gasteiger partial charge < -0.3 is 9.47 Å². The third-order valence-corrected chi connectivity index (χ3v) is 5.03. The van der Waals surface area contributed by atoms with E-state index in [0.29, 0.717) is 25.7 Å². The molecule has 2 heterocycles. The highest BCUT2D eigenvalue weighted by molar-refractivity contribution is 5.89. The molecule has 0 aliphatic carbocycles. The number of hydrogen-bond acceptors (Lipinski definition) is 6. The Kier molecular flexibility index (Phi) is 6.52. The summed E-state index contributed by atoms with van der Waals surface area (Å²) < 4.78 is 9.21. The molecule has 2 aliphatic rings. The first-order chi connectivity index (χ1) is 11.4. The van der Waals surface area contributed by atoms with Crippen LogP contribution in [0.4, 0.5) is 0 Å². The van der Waals surface area contributed by atoms with Crippen LogP contribution in [0.25, 0.3) is 0 Å². The van der Waals surface area contributed by atoms with E-state index in [1.54, 1.807) is 0 Å². The Balaban J connectivity index is 1.82. The number of carbonyl (C=O) groups excluding carboxylic acids is 4. The molecule has 2 fully saturated rings. The summed E-state index contributed by atoms with van der Waals surface area (Å²) in [7, 11) is 0. The summed E-state index contributed by atoms with van der Waals surface area (Å²) in [5.74, 6) is -1.64. The van der Waals surface area contributed by atoms with Crippen LogP contribution in [0.3, 0.4) is 0 Å². The molecular weight excluding hydrogens is 312 g/mol. The maximum Gasteiger partial charge on any atom is 0.314 e. The van der Waals surface area contributed by atoms with E-state index in [9.17, 15) is 19.2 Å². The van der Waals surface area contributed by atoms with Gasteiger partial charge in [-0.1, -0.05) is 32.6 Å². The maximum absolute atomic E-state index is 11.7. The van der Waals surface area contributed by atoms with Crippen molar-refractivity contribution in [2.75, 3.05) is 0 Å². The van der Waals surface area contributed by atoms with E-state index in [-0.39, 0.29) is 11.3 Å². The highest BCUT2D eigenvalue weighted by Crippen LogP contribution is 2.42. The zero-order chi connectivity index (χ0) is 17.6. The minimum Gasteiger partial charge on any atom is -0.393 e. The molecule has 2 aliphatic heterocycles. The van der Waals surface area contributed by atoms with Gasteiger partial charge in [0.15, 0.2) is 0 Å². The quantitative estimate of drug-likeness (QED) is 0.384. The molecule has 0 bridgehead atoms. The van der Waals surface area contributed by atoms with E-state index < -0.39 is 23.9 Å². The van der Waals surface area contributed by atoms with Crippen molar-refractivity contribution in [2.45, 2.75) is 77.6 Å². The fourth-order valence-electron chi connectivity index (χ4n) is 3.80. The number of rotatable bonds is 8. The van der Waals surface area contributed by atoms with Gasteiger partial charge in [0.1, 0.15) is 0 Å². The van der Waals surface area contributed by atoms with Gasteiger partial charge in [0.25, 0.3) is 0 Å². The monoisotopic (exact) mass is 338 g/mol. The van der Waals surface area contributed by atoms with Crippen molar-refractivity contribution in [1.29, 1.82) is 0 Å². The Hall–Kier alpha value is -1.72. The second kappa shape index (κ2) is 8.40. The second-order valence-corrected chi connectivity index (χ2v) is 7.17. The number of cyclic esters (lactones) is 4. The van der Waals surface area contributed by atoms with Gasteiger partial charge in [-0.15, -0.1) is 0 Å². The zero-order valence-corrected chi connectivity index (χ0v) is 14.3. The summed E-state index contributed by atoms with van der Waals surface area (Å²) in [4.78, 5) is 45.9. The van der Waals surface area contributed by atoms with Crippen LogP contribution in [0, 0.1) is 11.3 Å². The normalized spacial score (nSPS) is 21.5. The van der Waals surface area contributed by atoms with Crippen LogP contribution in [0.15, 0.2) is 0 Å². The van der Waals surface area contributed by atoms with E-state index in [2.05, 4.69) is 16.4 Å². The molecule has 134 valence electrons. The van der Waals surface area contributed by atoms with E-state index in [0.717, 1.165) is 44.9 Å². The largest absolute Gasteiger partial charge is 0.393 e. The van der Waals surface area contributed by atoms with Crippen LogP contribution in [-0.4, -0.2) is 23.9 Å². The Morgan fingerprint density at radius 3 is 1.96 bits per heavy atom. The molecular formula is C18H26O6. The van der Waals surface area contributed by atoms with Gasteiger partial charge in [-0.05, 0) is 30.6 Å². The molecule has 24 heavy (non-hydrogen) atoms. The lowest BCUT2D eigenvalue weighted by Gasteiger charge is -2.35. The summed E-state index contributed by atoms with van der Waals surface area (Å²) in [5, 5.41) is 0. The van der Waals surface area contributed by atoms with E-state index in [1.165, 1.54) is 0 Å². The van der Waals surface area contributed by atoms with Gasteiger partial charge in [-0.2, -0.15) is 0 Å². The molecule has 0 saturated carbocycles. The Morgan fingerprint density at radius 2 is 1.38 bits per heavy atom. The molecule has 0 N–H and O–H groups in total. The van der Waals surface area contributed by atoms with Crippen LogP contribution in [0.1, 0.15) is 77.6 Å². The molecule has 0 radical (unpaired) electrons. The van der Waals surface area contributed by atoms with Gasteiger partial charge in [0, 0.05) is 12.8 Å². The number of carbonyl (C=O) groups is 4. The highest BCUT2D eigenvalue weighted by atomic mass is 16.6. The fourth-order valence-corrected chi connectivity index (χ4v) is 3.80. The number of unbranched alkanes of at least 4 members (excludes halogenated alkanes) is 2. The Labute approximate surface area is 142 Å². The third-order valence-electron chi connectivity index (χ3n) is 5.03. The highest BCUT2D eigenvalue weighted by Gasteiger charge is 2.40. The maximum atomic E-state index is 11.7. The van der Waals surface area contributed by atoms with Crippen molar-refractivity contribution in [3.8, 4) is 0 Å². The Bertz CT molecular complexity index is 478. The molecule has 2 saturated heterocycles. The van der Waals surface area contributed by atoms with Gasteiger partial charge in [0.05, 0.1) is 12.8 Å². The summed E-state index contributed by atoms with van der Waals surface area (Å²) in [6.07, 6.45) is 7.46. The van der Waals surface area contributed by atoms with Crippen molar-refractivity contribution >= 4 is 23.9 Å². The number of ether oxygens (including phenoxy) is 2. The van der Waals surface area contributed by atoms with Crippen molar-refractivity contribution in [3.05, 3.63) is 0 Å². The van der Waals surface area contributed by atoms with Crippen LogP contribution in [0.2, 0.25) is 0 Å². The molecule has 6 heteroatoms. The van der Waals surface area contributed by atoms with Crippen molar-refractivity contribution < 1.29 is 28.7 Å². The van der Waals surface area contributed by atoms with Crippen molar-refractivity contribution in [2.24, 2.45) is 11.3 Å². The van der Waals surface area contributed by atoms with Gasteiger partial charge in [0.2, 0.25) is 0 Å². The van der Waals surface area contributed by atoms with Crippen LogP contribution in [-0.2, 0) is 28.7 Å². The first-order valence-corrected chi connectivity index (χ1v) is 8.89. The SMILES string of the molecule is CCCCC1(CCCCC2CC(=O)OC(=O)C2)CC(=O)OC(=O)C1. The van der Waals surface area contributed by atoms with Gasteiger partial charge in [-0.3, -0.25) is 19.2 Å². The average molecular weight is 338 g/mol. The number of hydrogen-bond donors (Lipinski definition) is 0. The molecule has 0 unspecified atom stereocenters. The first kappa shape index (κ1) is 18.6. The molecule has 2 rings (SSSR count). The molecule has 0 amide bonds. The van der Waals surface area contributed by atoms with Gasteiger partial charge >= 0.3 is 23.9 Å². The average Bonchev–Trinajstić information content (AvgIpc) is 2.48. The minimum atomic E-state index is -0.434. The molecule has 0 aromatic carbocycles. The van der Waals surface area contributed by atoms with Gasteiger partial charge in [-0.25, -0.2) is 0 Å². The summed E-state index contributed by atoms with van der Waals surface area (Å²) in [5.41, 5.74) is -0.274. The standard InChI is InChI=1S/C18H26O6/c1-2-3-7-18(11-16(21)24-17(22)12-18)8-5-4-6-13-9-14(19)23-15(20)10-13/h13H,2-12H2,1H3. The summed E-state index contributed by atoms with van der Waals surface area (Å²) in [6, 6.07) is 0. The molecule has 0 aromatic heterocycles. The fraction of sp³-hybridized carbons (Fsp3) is 0.778. The lowest BCUT2D eigenvalue weighted by molar-refractivity contribution is -0.170. The summed E-state index contributed by atoms with van der Waals surface area (Å²) in [6.45, 7) is 2.09. The van der Waals surface area contributed by atoms with Crippen LogP contribution < -0.4 is 0 Å². The molecule has 0 aromatic rings. The third kappa shape index (κ3) is 5.42. The second-order valence-electron chi connectivity index (χ2n) is 7.17. The van der Waals surface area contributed by atoms with E-state index in [4.69, 9.17) is 0 Å². The minimum absolute atomic E-state index is 0.0586. The van der Waals surface area contributed by atoms with Crippen molar-refractivity contribution in [1.82, 2.24) is 0 Å². The topological polar surface area (TPSA) is 86.7 Å². The van der Waals surface area contributed by atoms with Crippen LogP contribution in [0.5, 0.6) is 0 Å². The summed E-state index contributed by atoms with van der Waals surface area (Å²) >= 11 is 0. The van der Waals surface area contributed by atoms with Crippen LogP contribution >= 0.6 is 0 Å². The lowest BCUT2D eigenvalue weighted by Crippen LogP contribution is -2.35. The predicted molar refractivity (Wildman–Crippen MR) is 84.6 cm³/mol. The first-order valence-electron chi connectivity index (χ1n) is 8.89.